The maximum Gasteiger partial charge on any atom is 0.173 e. The summed E-state index contributed by atoms with van der Waals surface area (Å²) in [5, 5.41) is 10.6. The third-order valence-corrected chi connectivity index (χ3v) is 4.41. The second kappa shape index (κ2) is 8.80. The number of aromatic nitrogens is 1. The zero-order chi connectivity index (χ0) is 16.7. The molecule has 0 aliphatic carbocycles. The maximum absolute atomic E-state index is 10.6. The topological polar surface area (TPSA) is 27.4 Å². The van der Waals surface area contributed by atoms with Gasteiger partial charge in [0.1, 0.15) is 6.54 Å². The molecule has 0 bridgehead atoms. The predicted octanol–water partition coefficient (Wildman–Crippen LogP) is 3.33. The molecule has 124 valence electrons. The molecule has 3 nitrogen and oxygen atoms in total. The fourth-order valence-corrected chi connectivity index (χ4v) is 2.75. The van der Waals surface area contributed by atoms with E-state index in [4.69, 9.17) is 0 Å². The first kappa shape index (κ1) is 17.6. The highest BCUT2D eigenvalue weighted by atomic mass is 16.3. The smallest absolute Gasteiger partial charge is 0.173 e. The van der Waals surface area contributed by atoms with Gasteiger partial charge >= 0.3 is 0 Å². The van der Waals surface area contributed by atoms with Gasteiger partial charge < -0.3 is 5.11 Å². The van der Waals surface area contributed by atoms with Crippen molar-refractivity contribution in [3.8, 4) is 0 Å². The minimum Gasteiger partial charge on any atom is -0.387 e. The molecule has 1 aromatic carbocycles. The van der Waals surface area contributed by atoms with Crippen LogP contribution in [-0.4, -0.2) is 23.1 Å². The number of hydrogen-bond acceptors (Lipinski definition) is 2. The normalized spacial score (nSPS) is 14.0. The summed E-state index contributed by atoms with van der Waals surface area (Å²) in [4.78, 5) is 2.21. The van der Waals surface area contributed by atoms with E-state index in [2.05, 4.69) is 54.9 Å². The molecular formula is C20H29N2O+. The van der Waals surface area contributed by atoms with Crippen molar-refractivity contribution in [2.45, 2.75) is 51.9 Å². The number of hydrogen-bond donors (Lipinski definition) is 1. The first-order chi connectivity index (χ1) is 11.1. The van der Waals surface area contributed by atoms with Crippen LogP contribution in [0.1, 0.15) is 43.9 Å². The molecule has 2 rings (SSSR count). The summed E-state index contributed by atoms with van der Waals surface area (Å²) in [6, 6.07) is 14.2. The van der Waals surface area contributed by atoms with Crippen molar-refractivity contribution in [3.05, 3.63) is 66.0 Å². The number of unbranched alkanes of at least 4 members (excludes halogenated alkanes) is 1. The van der Waals surface area contributed by atoms with Crippen molar-refractivity contribution in [2.24, 2.45) is 0 Å². The molecule has 0 aliphatic rings. The minimum atomic E-state index is -0.475. The van der Waals surface area contributed by atoms with Crippen LogP contribution in [0.5, 0.6) is 0 Å². The van der Waals surface area contributed by atoms with Crippen molar-refractivity contribution >= 4 is 0 Å². The average Bonchev–Trinajstić information content (AvgIpc) is 2.59. The summed E-state index contributed by atoms with van der Waals surface area (Å²) >= 11 is 0. The Bertz CT molecular complexity index is 585. The van der Waals surface area contributed by atoms with E-state index in [0.29, 0.717) is 0 Å². The minimum absolute atomic E-state index is 0.0571. The number of aliphatic hydroxyl groups excluding tert-OH is 1. The predicted molar refractivity (Wildman–Crippen MR) is 93.9 cm³/mol. The zero-order valence-corrected chi connectivity index (χ0v) is 14.5. The maximum atomic E-state index is 10.6. The van der Waals surface area contributed by atoms with Crippen molar-refractivity contribution < 1.29 is 9.67 Å². The molecule has 2 aromatic rings. The van der Waals surface area contributed by atoms with Gasteiger partial charge in [-0.3, -0.25) is 4.90 Å². The van der Waals surface area contributed by atoms with Gasteiger partial charge in [0.2, 0.25) is 0 Å². The lowest BCUT2D eigenvalue weighted by atomic mass is 10.0. The highest BCUT2D eigenvalue weighted by Gasteiger charge is 2.20. The van der Waals surface area contributed by atoms with Gasteiger partial charge in [-0.15, -0.1) is 0 Å². The fraction of sp³-hybridized carbons (Fsp3) is 0.450. The number of likely N-dealkylation sites (N-methyl/N-ethyl adjacent to an activating group) is 1. The Labute approximate surface area is 140 Å². The van der Waals surface area contributed by atoms with Crippen LogP contribution in [0.3, 0.4) is 0 Å². The number of aryl methyl sites for hydroxylation is 1. The van der Waals surface area contributed by atoms with Crippen LogP contribution in [0.2, 0.25) is 0 Å². The average molecular weight is 313 g/mol. The second-order valence-corrected chi connectivity index (χ2v) is 6.31. The van der Waals surface area contributed by atoms with Gasteiger partial charge in [-0.2, -0.15) is 0 Å². The second-order valence-electron chi connectivity index (χ2n) is 6.31. The molecule has 1 heterocycles. The summed E-state index contributed by atoms with van der Waals surface area (Å²) in [5.74, 6) is 0. The van der Waals surface area contributed by atoms with Crippen LogP contribution in [0.25, 0.3) is 0 Å². The van der Waals surface area contributed by atoms with E-state index in [1.165, 1.54) is 18.4 Å². The van der Waals surface area contributed by atoms with E-state index in [-0.39, 0.29) is 6.04 Å². The largest absolute Gasteiger partial charge is 0.387 e. The standard InChI is InChI=1S/C20H29N2O/c1-4-5-13-22-14-9-10-18(16-22)15-21(3)17(2)20(23)19-11-7-6-8-12-19/h6-12,14,16-17,20,23H,4-5,13,15H2,1-3H3/q+1/t17-,20-/m0/s1. The number of benzene rings is 1. The van der Waals surface area contributed by atoms with Crippen LogP contribution in [-0.2, 0) is 13.1 Å². The Hall–Kier alpha value is -1.71. The van der Waals surface area contributed by atoms with E-state index in [0.717, 1.165) is 18.7 Å². The molecule has 0 spiro atoms. The number of aliphatic hydroxyl groups is 1. The summed E-state index contributed by atoms with van der Waals surface area (Å²) in [7, 11) is 2.07. The third-order valence-electron chi connectivity index (χ3n) is 4.41. The number of pyridine rings is 1. The third kappa shape index (κ3) is 5.15. The summed E-state index contributed by atoms with van der Waals surface area (Å²) in [5.41, 5.74) is 2.25. The molecule has 3 heteroatoms. The first-order valence-electron chi connectivity index (χ1n) is 8.53. The van der Waals surface area contributed by atoms with Crippen LogP contribution >= 0.6 is 0 Å². The molecule has 0 fully saturated rings. The van der Waals surface area contributed by atoms with E-state index >= 15 is 0 Å². The van der Waals surface area contributed by atoms with E-state index < -0.39 is 6.10 Å². The van der Waals surface area contributed by atoms with E-state index in [9.17, 15) is 5.11 Å². The Balaban J connectivity index is 1.99. The van der Waals surface area contributed by atoms with Crippen LogP contribution < -0.4 is 4.57 Å². The molecule has 1 aromatic heterocycles. The lowest BCUT2D eigenvalue weighted by molar-refractivity contribution is -0.697. The SMILES string of the molecule is CCCC[n+]1cccc(CN(C)[C@@H](C)[C@H](O)c2ccccc2)c1. The number of nitrogens with zero attached hydrogens (tertiary/aromatic N) is 2. The van der Waals surface area contributed by atoms with Gasteiger partial charge in [0, 0.05) is 30.6 Å². The fourth-order valence-electron chi connectivity index (χ4n) is 2.75. The highest BCUT2D eigenvalue weighted by molar-refractivity contribution is 5.18. The van der Waals surface area contributed by atoms with Gasteiger partial charge in [-0.1, -0.05) is 43.7 Å². The molecule has 2 atom stereocenters. The molecule has 0 radical (unpaired) electrons. The molecule has 0 unspecified atom stereocenters. The quantitative estimate of drug-likeness (QED) is 0.757. The zero-order valence-electron chi connectivity index (χ0n) is 14.5. The Kier molecular flexibility index (Phi) is 6.75. The molecule has 0 saturated heterocycles. The Morgan fingerprint density at radius 2 is 1.87 bits per heavy atom. The lowest BCUT2D eigenvalue weighted by Gasteiger charge is -2.28. The van der Waals surface area contributed by atoms with Gasteiger partial charge in [0.25, 0.3) is 0 Å². The molecule has 23 heavy (non-hydrogen) atoms. The van der Waals surface area contributed by atoms with Crippen molar-refractivity contribution in [1.29, 1.82) is 0 Å². The highest BCUT2D eigenvalue weighted by Crippen LogP contribution is 2.20. The summed E-state index contributed by atoms with van der Waals surface area (Å²) in [6.45, 7) is 6.19. The molecule has 1 N–H and O–H groups in total. The van der Waals surface area contributed by atoms with Crippen LogP contribution in [0, 0.1) is 0 Å². The summed E-state index contributed by atoms with van der Waals surface area (Å²) < 4.78 is 2.25. The van der Waals surface area contributed by atoms with Crippen molar-refractivity contribution in [3.63, 3.8) is 0 Å². The molecule has 0 aliphatic heterocycles. The van der Waals surface area contributed by atoms with Crippen LogP contribution in [0.15, 0.2) is 54.9 Å². The molecule has 0 amide bonds. The first-order valence-corrected chi connectivity index (χ1v) is 8.53. The van der Waals surface area contributed by atoms with Gasteiger partial charge in [0.15, 0.2) is 12.4 Å². The Morgan fingerprint density at radius 1 is 1.13 bits per heavy atom. The monoisotopic (exact) mass is 313 g/mol. The van der Waals surface area contributed by atoms with Crippen molar-refractivity contribution in [1.82, 2.24) is 4.90 Å². The lowest BCUT2D eigenvalue weighted by Crippen LogP contribution is -2.36. The van der Waals surface area contributed by atoms with E-state index in [1.807, 2.05) is 30.3 Å². The van der Waals surface area contributed by atoms with Crippen molar-refractivity contribution in [2.75, 3.05) is 7.05 Å². The summed E-state index contributed by atoms with van der Waals surface area (Å²) in [6.07, 6.45) is 6.27. The van der Waals surface area contributed by atoms with Crippen LogP contribution in [0.4, 0.5) is 0 Å². The van der Waals surface area contributed by atoms with Gasteiger partial charge in [-0.25, -0.2) is 4.57 Å². The molecule has 0 saturated carbocycles. The molecular weight excluding hydrogens is 284 g/mol. The number of rotatable bonds is 8. The van der Waals surface area contributed by atoms with E-state index in [1.54, 1.807) is 0 Å². The Morgan fingerprint density at radius 3 is 2.57 bits per heavy atom. The van der Waals surface area contributed by atoms with Gasteiger partial charge in [0.05, 0.1) is 6.10 Å². The van der Waals surface area contributed by atoms with Gasteiger partial charge in [-0.05, 0) is 25.6 Å².